The summed E-state index contributed by atoms with van der Waals surface area (Å²) in [4.78, 5) is 24.5. The van der Waals surface area contributed by atoms with E-state index in [1.807, 2.05) is 6.07 Å². The van der Waals surface area contributed by atoms with Crippen LogP contribution in [-0.2, 0) is 21.2 Å². The van der Waals surface area contributed by atoms with Crippen LogP contribution < -0.4 is 10.0 Å². The maximum Gasteiger partial charge on any atom is 0.240 e. The summed E-state index contributed by atoms with van der Waals surface area (Å²) in [6.07, 6.45) is 0.871. The fraction of sp³-hybridized carbons (Fsp3) is 0.333. The second-order valence-corrected chi connectivity index (χ2v) is 8.76. The normalized spacial score (nSPS) is 11.3. The van der Waals surface area contributed by atoms with E-state index >= 15 is 0 Å². The van der Waals surface area contributed by atoms with E-state index in [2.05, 4.69) is 10.0 Å². The van der Waals surface area contributed by atoms with Crippen LogP contribution in [0.2, 0.25) is 0 Å². The molecule has 2 aromatic rings. The number of nitrogens with one attached hydrogen (secondary N) is 2. The maximum atomic E-state index is 12.5. The molecule has 0 aliphatic heterocycles. The standard InChI is InChI=1S/C18H22N2O4S2/c1-4-18(22)20-14-5-8-17(12(2)11-14)26(23,24)19-10-9-15-6-7-16(25-15)13(3)21/h5-8,11,19H,4,9-10H2,1-3H3,(H,20,22). The number of hydrogen-bond acceptors (Lipinski definition) is 5. The lowest BCUT2D eigenvalue weighted by molar-refractivity contribution is -0.115. The van der Waals surface area contributed by atoms with E-state index < -0.39 is 10.0 Å². The van der Waals surface area contributed by atoms with Crippen LogP contribution in [0.1, 0.15) is 40.4 Å². The third-order valence-electron chi connectivity index (χ3n) is 3.74. The van der Waals surface area contributed by atoms with Crippen molar-refractivity contribution >= 4 is 38.7 Å². The highest BCUT2D eigenvalue weighted by Gasteiger charge is 2.17. The zero-order valence-electron chi connectivity index (χ0n) is 15.0. The minimum absolute atomic E-state index is 0.00714. The highest BCUT2D eigenvalue weighted by Crippen LogP contribution is 2.20. The summed E-state index contributed by atoms with van der Waals surface area (Å²) in [5, 5.41) is 2.71. The van der Waals surface area contributed by atoms with Gasteiger partial charge in [-0.1, -0.05) is 6.92 Å². The smallest absolute Gasteiger partial charge is 0.240 e. The molecule has 1 aromatic heterocycles. The first-order valence-electron chi connectivity index (χ1n) is 8.22. The number of amides is 1. The first kappa shape index (κ1) is 20.3. The summed E-state index contributed by atoms with van der Waals surface area (Å²) in [6.45, 7) is 5.19. The van der Waals surface area contributed by atoms with Crippen molar-refractivity contribution in [1.82, 2.24) is 4.72 Å². The van der Waals surface area contributed by atoms with Gasteiger partial charge in [-0.3, -0.25) is 9.59 Å². The van der Waals surface area contributed by atoms with Crippen molar-refractivity contribution in [3.8, 4) is 0 Å². The van der Waals surface area contributed by atoms with Crippen molar-refractivity contribution in [2.24, 2.45) is 0 Å². The lowest BCUT2D eigenvalue weighted by Crippen LogP contribution is -2.26. The minimum atomic E-state index is -3.65. The van der Waals surface area contributed by atoms with Crippen molar-refractivity contribution in [3.05, 3.63) is 45.6 Å². The van der Waals surface area contributed by atoms with Gasteiger partial charge in [-0.25, -0.2) is 13.1 Å². The molecule has 0 aliphatic carbocycles. The van der Waals surface area contributed by atoms with Crippen LogP contribution in [0.15, 0.2) is 35.2 Å². The van der Waals surface area contributed by atoms with Gasteiger partial charge in [-0.15, -0.1) is 11.3 Å². The number of ketones is 1. The van der Waals surface area contributed by atoms with E-state index in [9.17, 15) is 18.0 Å². The van der Waals surface area contributed by atoms with Crippen LogP contribution in [0.5, 0.6) is 0 Å². The van der Waals surface area contributed by atoms with Crippen LogP contribution in [0.4, 0.5) is 5.69 Å². The molecule has 6 nitrogen and oxygen atoms in total. The fourth-order valence-corrected chi connectivity index (χ4v) is 4.52. The molecule has 1 aromatic carbocycles. The second kappa shape index (κ2) is 8.57. The Morgan fingerprint density at radius 1 is 1.15 bits per heavy atom. The summed E-state index contributed by atoms with van der Waals surface area (Å²) >= 11 is 1.38. The zero-order valence-corrected chi connectivity index (χ0v) is 16.6. The van der Waals surface area contributed by atoms with E-state index in [4.69, 9.17) is 0 Å². The predicted molar refractivity (Wildman–Crippen MR) is 103 cm³/mol. The molecule has 0 spiro atoms. The van der Waals surface area contributed by atoms with Crippen molar-refractivity contribution in [2.75, 3.05) is 11.9 Å². The number of hydrogen-bond donors (Lipinski definition) is 2. The molecule has 0 radical (unpaired) electrons. The highest BCUT2D eigenvalue weighted by molar-refractivity contribution is 7.89. The number of thiophene rings is 1. The average molecular weight is 395 g/mol. The van der Waals surface area contributed by atoms with Gasteiger partial charge in [-0.2, -0.15) is 0 Å². The monoisotopic (exact) mass is 394 g/mol. The first-order valence-corrected chi connectivity index (χ1v) is 10.5. The zero-order chi connectivity index (χ0) is 19.3. The van der Waals surface area contributed by atoms with E-state index in [0.717, 1.165) is 4.88 Å². The number of anilines is 1. The topological polar surface area (TPSA) is 92.3 Å². The Hall–Kier alpha value is -2.03. The third kappa shape index (κ3) is 5.23. The Morgan fingerprint density at radius 2 is 1.88 bits per heavy atom. The number of aryl methyl sites for hydroxylation is 1. The van der Waals surface area contributed by atoms with Crippen LogP contribution in [-0.4, -0.2) is 26.7 Å². The largest absolute Gasteiger partial charge is 0.326 e. The van der Waals surface area contributed by atoms with Crippen LogP contribution in [0.25, 0.3) is 0 Å². The van der Waals surface area contributed by atoms with Crippen LogP contribution in [0, 0.1) is 6.92 Å². The number of benzene rings is 1. The molecule has 0 unspecified atom stereocenters. The van der Waals surface area contributed by atoms with Crippen molar-refractivity contribution in [3.63, 3.8) is 0 Å². The van der Waals surface area contributed by atoms with Crippen molar-refractivity contribution < 1.29 is 18.0 Å². The number of carbonyl (C=O) groups excluding carboxylic acids is 2. The highest BCUT2D eigenvalue weighted by atomic mass is 32.2. The third-order valence-corrected chi connectivity index (χ3v) is 6.61. The van der Waals surface area contributed by atoms with Crippen molar-refractivity contribution in [2.45, 2.75) is 38.5 Å². The van der Waals surface area contributed by atoms with Gasteiger partial charge in [0.05, 0.1) is 9.77 Å². The Balaban J connectivity index is 2.02. The fourth-order valence-electron chi connectivity index (χ4n) is 2.37. The van der Waals surface area contributed by atoms with Crippen LogP contribution >= 0.6 is 11.3 Å². The molecular weight excluding hydrogens is 372 g/mol. The van der Waals surface area contributed by atoms with Gasteiger partial charge in [0.2, 0.25) is 15.9 Å². The summed E-state index contributed by atoms with van der Waals surface area (Å²) in [6, 6.07) is 8.30. The summed E-state index contributed by atoms with van der Waals surface area (Å²) in [5.41, 5.74) is 1.13. The first-order chi connectivity index (χ1) is 12.2. The summed E-state index contributed by atoms with van der Waals surface area (Å²) in [5.74, 6) is -0.119. The number of rotatable bonds is 8. The van der Waals surface area contributed by atoms with E-state index in [1.165, 1.54) is 24.3 Å². The number of Topliss-reactive ketones (excluding diaryl/α,β-unsaturated/α-hetero) is 1. The van der Waals surface area contributed by atoms with Gasteiger partial charge in [0.15, 0.2) is 5.78 Å². The van der Waals surface area contributed by atoms with E-state index in [1.54, 1.807) is 32.0 Å². The van der Waals surface area contributed by atoms with Crippen molar-refractivity contribution in [1.29, 1.82) is 0 Å². The van der Waals surface area contributed by atoms with Gasteiger partial charge in [0.25, 0.3) is 0 Å². The van der Waals surface area contributed by atoms with Gasteiger partial charge in [0.1, 0.15) is 0 Å². The Bertz CT molecular complexity index is 917. The lowest BCUT2D eigenvalue weighted by atomic mass is 10.2. The molecule has 2 rings (SSSR count). The molecule has 140 valence electrons. The molecule has 0 aliphatic rings. The van der Waals surface area contributed by atoms with Gasteiger partial charge in [0, 0.05) is 23.5 Å². The molecule has 0 bridgehead atoms. The molecule has 0 saturated heterocycles. The van der Waals surface area contributed by atoms with Gasteiger partial charge >= 0.3 is 0 Å². The van der Waals surface area contributed by atoms with Gasteiger partial charge < -0.3 is 5.32 Å². The number of sulfonamides is 1. The Kier molecular flexibility index (Phi) is 6.69. The molecule has 26 heavy (non-hydrogen) atoms. The molecule has 2 N–H and O–H groups in total. The summed E-state index contributed by atoms with van der Waals surface area (Å²) in [7, 11) is -3.65. The molecule has 1 heterocycles. The molecule has 1 amide bonds. The lowest BCUT2D eigenvalue weighted by Gasteiger charge is -2.11. The number of carbonyl (C=O) groups is 2. The molecule has 0 saturated carbocycles. The molecular formula is C18H22N2O4S2. The maximum absolute atomic E-state index is 12.5. The predicted octanol–water partition coefficient (Wildman–Crippen LogP) is 3.13. The Morgan fingerprint density at radius 3 is 2.46 bits per heavy atom. The van der Waals surface area contributed by atoms with Gasteiger partial charge in [-0.05, 0) is 56.2 Å². The second-order valence-electron chi connectivity index (χ2n) is 5.85. The van der Waals surface area contributed by atoms with E-state index in [0.29, 0.717) is 29.0 Å². The minimum Gasteiger partial charge on any atom is -0.326 e. The molecule has 0 fully saturated rings. The quantitative estimate of drug-likeness (QED) is 0.673. The molecule has 0 atom stereocenters. The Labute approximate surface area is 157 Å². The van der Waals surface area contributed by atoms with Crippen LogP contribution in [0.3, 0.4) is 0 Å². The van der Waals surface area contributed by atoms with E-state index in [-0.39, 0.29) is 23.1 Å². The average Bonchev–Trinajstić information content (AvgIpc) is 3.03. The molecule has 8 heteroatoms. The summed E-state index contributed by atoms with van der Waals surface area (Å²) < 4.78 is 27.6. The SMILES string of the molecule is CCC(=O)Nc1ccc(S(=O)(=O)NCCc2ccc(C(C)=O)s2)c(C)c1.